The Kier molecular flexibility index (Phi) is 8.06. The summed E-state index contributed by atoms with van der Waals surface area (Å²) in [5.74, 6) is -13.8. The van der Waals surface area contributed by atoms with Crippen molar-refractivity contribution < 1.29 is 39.3 Å². The van der Waals surface area contributed by atoms with Crippen LogP contribution in [0.25, 0.3) is 22.4 Å². The zero-order valence-corrected chi connectivity index (χ0v) is 28.0. The van der Waals surface area contributed by atoms with Crippen molar-refractivity contribution in [1.82, 2.24) is 9.88 Å². The Morgan fingerprint density at radius 2 is 1.58 bits per heavy atom. The fourth-order valence-electron chi connectivity index (χ4n) is 8.13. The van der Waals surface area contributed by atoms with E-state index in [9.17, 15) is 39.3 Å². The molecule has 13 heteroatoms. The first kappa shape index (κ1) is 33.4. The van der Waals surface area contributed by atoms with E-state index >= 15 is 0 Å². The van der Waals surface area contributed by atoms with Gasteiger partial charge in [0.05, 0.1) is 40.9 Å². The van der Waals surface area contributed by atoms with E-state index in [1.165, 1.54) is 30.3 Å². The molecule has 12 nitrogen and oxygen atoms in total. The van der Waals surface area contributed by atoms with Gasteiger partial charge in [0.25, 0.3) is 0 Å². The monoisotopic (exact) mass is 694 g/mol. The minimum Gasteiger partial charge on any atom is -0.505 e. The molecule has 256 valence electrons. The normalized spacial score (nSPS) is 29.0. The highest BCUT2D eigenvalue weighted by atomic mass is 32.1. The summed E-state index contributed by atoms with van der Waals surface area (Å²) in [5, 5.41) is 40.4. The number of carbonyl (C=O) groups excluding carboxylic acids is 5. The van der Waals surface area contributed by atoms with Gasteiger partial charge in [-0.3, -0.25) is 28.9 Å². The third-order valence-corrected chi connectivity index (χ3v) is 11.3. The summed E-state index contributed by atoms with van der Waals surface area (Å²) in [5.41, 5.74) is 6.31. The zero-order valence-electron chi connectivity index (χ0n) is 27.2. The number of carbonyl (C=O) groups is 5. The number of hydrogen-bond acceptors (Lipinski definition) is 12. The number of aromatic hydroxyl groups is 1. The number of ketones is 4. The molecule has 7 rings (SSSR count). The maximum absolute atomic E-state index is 14.2. The first-order valence-electron chi connectivity index (χ1n) is 16.0. The van der Waals surface area contributed by atoms with Crippen molar-refractivity contribution in [3.05, 3.63) is 83.2 Å². The summed E-state index contributed by atoms with van der Waals surface area (Å²) in [6.07, 6.45) is -1.70. The van der Waals surface area contributed by atoms with Crippen molar-refractivity contribution >= 4 is 51.2 Å². The molecule has 6 N–H and O–H groups in total. The second kappa shape index (κ2) is 12.1. The number of hydrogen-bond donors (Lipinski definition) is 5. The zero-order chi connectivity index (χ0) is 35.8. The number of anilines is 2. The third-order valence-electron chi connectivity index (χ3n) is 10.5. The smallest absolute Gasteiger partial charge is 0.235 e. The van der Waals surface area contributed by atoms with Crippen molar-refractivity contribution in [1.29, 1.82) is 0 Å². The van der Waals surface area contributed by atoms with Crippen LogP contribution in [0.5, 0.6) is 5.75 Å². The Hall–Kier alpha value is -5.08. The largest absolute Gasteiger partial charge is 0.505 e. The van der Waals surface area contributed by atoms with E-state index in [0.717, 1.165) is 16.7 Å². The van der Waals surface area contributed by atoms with Crippen molar-refractivity contribution in [3.63, 3.8) is 0 Å². The first-order valence-corrected chi connectivity index (χ1v) is 16.9. The fraction of sp³-hybridized carbons (Fsp3) is 0.297. The standard InChI is InChI=1S/C37H34N4O8S/c1-16-20-13-14-21(39-36-40-22(15-50-36)19-11-9-18(10-12-19)17-7-5-4-6-8-17)29(42)24(20)30(43)25-23(16)31(44)27-28(41(2)3)32(45)26(35(38)48)34(47)37(27,49)33(25)46/h4-16,23,25-28,31,42,44,49H,1-3H3,(H2,38,48)(H,39,40)/t16-,23+,25?,26?,27+,28-,31-,37-/m0/s1. The number of Topliss-reactive ketones (excluding diaryl/α,β-unsaturated/α-hetero) is 4. The number of primary amides is 1. The number of aliphatic hydroxyl groups is 2. The van der Waals surface area contributed by atoms with E-state index in [2.05, 4.69) is 10.3 Å². The minimum atomic E-state index is -3.06. The number of nitrogens with zero attached hydrogens (tertiary/aromatic N) is 2. The Labute approximate surface area is 290 Å². The number of amides is 1. The molecule has 3 aromatic carbocycles. The highest BCUT2D eigenvalue weighted by Crippen LogP contribution is 2.55. The van der Waals surface area contributed by atoms with E-state index in [0.29, 0.717) is 16.4 Å². The molecular weight excluding hydrogens is 660 g/mol. The lowest BCUT2D eigenvalue weighted by Gasteiger charge is -2.56. The van der Waals surface area contributed by atoms with Gasteiger partial charge in [-0.2, -0.15) is 0 Å². The average Bonchev–Trinajstić information content (AvgIpc) is 3.56. The van der Waals surface area contributed by atoms with Crippen LogP contribution in [-0.2, 0) is 19.2 Å². The summed E-state index contributed by atoms with van der Waals surface area (Å²) in [4.78, 5) is 73.6. The van der Waals surface area contributed by atoms with Gasteiger partial charge in [0.2, 0.25) is 5.91 Å². The van der Waals surface area contributed by atoms with Crippen LogP contribution in [0.3, 0.4) is 0 Å². The van der Waals surface area contributed by atoms with E-state index in [1.807, 2.05) is 60.0 Å². The number of rotatable bonds is 6. The lowest BCUT2D eigenvalue weighted by atomic mass is 9.49. The average molecular weight is 695 g/mol. The molecule has 4 aromatic rings. The molecule has 2 unspecified atom stereocenters. The van der Waals surface area contributed by atoms with E-state index in [-0.39, 0.29) is 11.3 Å². The maximum atomic E-state index is 14.2. The number of fused-ring (bicyclic) bond motifs is 3. The molecule has 1 aromatic heterocycles. The van der Waals surface area contributed by atoms with Crippen LogP contribution in [0.2, 0.25) is 0 Å². The van der Waals surface area contributed by atoms with Crippen LogP contribution in [0.1, 0.15) is 28.8 Å². The van der Waals surface area contributed by atoms with Gasteiger partial charge in [0.15, 0.2) is 39.8 Å². The van der Waals surface area contributed by atoms with Crippen molar-refractivity contribution in [2.45, 2.75) is 30.6 Å². The third kappa shape index (κ3) is 4.83. The minimum absolute atomic E-state index is 0.129. The Morgan fingerprint density at radius 3 is 2.22 bits per heavy atom. The van der Waals surface area contributed by atoms with Crippen molar-refractivity contribution in [2.24, 2.45) is 29.4 Å². The molecule has 3 aliphatic carbocycles. The Morgan fingerprint density at radius 1 is 0.940 bits per heavy atom. The van der Waals surface area contributed by atoms with Gasteiger partial charge < -0.3 is 26.4 Å². The number of nitrogens with two attached hydrogens (primary N) is 1. The number of nitrogens with one attached hydrogen (secondary N) is 1. The van der Waals surface area contributed by atoms with Crippen LogP contribution in [0.15, 0.2) is 72.1 Å². The molecular formula is C37H34N4O8S. The number of thiazole rings is 1. The molecule has 0 saturated heterocycles. The lowest BCUT2D eigenvalue weighted by molar-refractivity contribution is -0.196. The molecule has 0 aliphatic heterocycles. The molecule has 50 heavy (non-hydrogen) atoms. The molecule has 0 radical (unpaired) electrons. The maximum Gasteiger partial charge on any atom is 0.235 e. The van der Waals surface area contributed by atoms with Crippen LogP contribution in [-0.4, -0.2) is 86.1 Å². The van der Waals surface area contributed by atoms with Crippen molar-refractivity contribution in [2.75, 3.05) is 19.4 Å². The van der Waals surface area contributed by atoms with Crippen LogP contribution in [0, 0.1) is 23.7 Å². The highest BCUT2D eigenvalue weighted by molar-refractivity contribution is 7.14. The van der Waals surface area contributed by atoms with Gasteiger partial charge in [-0.25, -0.2) is 4.98 Å². The molecule has 2 saturated carbocycles. The summed E-state index contributed by atoms with van der Waals surface area (Å²) < 4.78 is 0. The summed E-state index contributed by atoms with van der Waals surface area (Å²) in [6, 6.07) is 19.6. The number of phenolic OH excluding ortho intramolecular Hbond substituents is 1. The van der Waals surface area contributed by atoms with Gasteiger partial charge in [0.1, 0.15) is 5.75 Å². The Balaban J connectivity index is 1.21. The second-order valence-electron chi connectivity index (χ2n) is 13.4. The molecule has 8 atom stereocenters. The highest BCUT2D eigenvalue weighted by Gasteiger charge is 2.72. The van der Waals surface area contributed by atoms with Crippen LogP contribution >= 0.6 is 11.3 Å². The number of likely N-dealkylation sites (N-methyl/N-ethyl adjacent to an activating group) is 1. The number of phenols is 1. The SMILES string of the molecule is C[C@H]1c2ccc(Nc3nc(-c4ccc(-c5ccccc5)cc4)cs3)c(O)c2C(=O)C2C(=O)[C@]3(O)C(=O)C(C(N)=O)C(=O)[C@@H](N(C)C)[C@@H]3[C@@H](O)[C@@H]21. The molecule has 1 heterocycles. The van der Waals surface area contributed by atoms with E-state index < -0.39 is 82.1 Å². The van der Waals surface area contributed by atoms with Gasteiger partial charge in [0, 0.05) is 16.9 Å². The predicted octanol–water partition coefficient (Wildman–Crippen LogP) is 2.93. The van der Waals surface area contributed by atoms with Crippen LogP contribution in [0.4, 0.5) is 10.8 Å². The molecule has 0 bridgehead atoms. The van der Waals surface area contributed by atoms with Gasteiger partial charge >= 0.3 is 0 Å². The molecule has 1 amide bonds. The van der Waals surface area contributed by atoms with Gasteiger partial charge in [-0.15, -0.1) is 11.3 Å². The summed E-state index contributed by atoms with van der Waals surface area (Å²) >= 11 is 1.28. The lowest BCUT2D eigenvalue weighted by Crippen LogP contribution is -2.77. The quantitative estimate of drug-likeness (QED) is 0.147. The summed E-state index contributed by atoms with van der Waals surface area (Å²) in [7, 11) is 2.90. The number of aromatic nitrogens is 1. The van der Waals surface area contributed by atoms with E-state index in [1.54, 1.807) is 19.1 Å². The molecule has 2 fully saturated rings. The number of aliphatic hydroxyl groups excluding tert-OH is 1. The molecule has 0 spiro atoms. The van der Waals surface area contributed by atoms with E-state index in [4.69, 9.17) is 5.73 Å². The summed E-state index contributed by atoms with van der Waals surface area (Å²) in [6.45, 7) is 1.66. The predicted molar refractivity (Wildman–Crippen MR) is 184 cm³/mol. The topological polar surface area (TPSA) is 200 Å². The van der Waals surface area contributed by atoms with Gasteiger partial charge in [-0.1, -0.05) is 67.6 Å². The molecule has 3 aliphatic rings. The second-order valence-corrected chi connectivity index (χ2v) is 14.3. The Bertz CT molecular complexity index is 2080. The first-order chi connectivity index (χ1) is 23.8. The number of benzene rings is 3. The fourth-order valence-corrected chi connectivity index (χ4v) is 8.87. The van der Waals surface area contributed by atoms with Crippen molar-refractivity contribution in [3.8, 4) is 28.1 Å². The van der Waals surface area contributed by atoms with Gasteiger partial charge in [-0.05, 0) is 42.8 Å². The van der Waals surface area contributed by atoms with Crippen LogP contribution < -0.4 is 11.1 Å².